The highest BCUT2D eigenvalue weighted by Crippen LogP contribution is 2.21. The zero-order chi connectivity index (χ0) is 20.7. The highest BCUT2D eigenvalue weighted by molar-refractivity contribution is 5.98. The molecule has 2 rings (SSSR count). The average molecular weight is 389 g/mol. The van der Waals surface area contributed by atoms with Crippen LogP contribution in [0.3, 0.4) is 0 Å². The molecule has 0 aliphatic carbocycles. The third-order valence-corrected chi connectivity index (χ3v) is 4.94. The van der Waals surface area contributed by atoms with Gasteiger partial charge < -0.3 is 15.5 Å². The van der Waals surface area contributed by atoms with Crippen molar-refractivity contribution in [1.29, 1.82) is 0 Å². The van der Waals surface area contributed by atoms with Crippen LogP contribution in [0.1, 0.15) is 50.9 Å². The fourth-order valence-electron chi connectivity index (χ4n) is 3.48. The quantitative estimate of drug-likeness (QED) is 0.676. The lowest BCUT2D eigenvalue weighted by Crippen LogP contribution is -2.44. The molecule has 0 atom stereocenters. The maximum absolute atomic E-state index is 12.2. The average Bonchev–Trinajstić information content (AvgIpc) is 3.08. The normalized spacial score (nSPS) is 14.2. The van der Waals surface area contributed by atoms with Crippen LogP contribution in [0.25, 0.3) is 0 Å². The van der Waals surface area contributed by atoms with Gasteiger partial charge in [-0.1, -0.05) is 0 Å². The molecule has 2 N–H and O–H groups in total. The highest BCUT2D eigenvalue weighted by Gasteiger charge is 2.21. The highest BCUT2D eigenvalue weighted by atomic mass is 16.2. The summed E-state index contributed by atoms with van der Waals surface area (Å²) < 4.78 is 0. The van der Waals surface area contributed by atoms with Crippen molar-refractivity contribution < 1.29 is 14.4 Å². The number of hydrogen-bond donors (Lipinski definition) is 2. The van der Waals surface area contributed by atoms with Crippen LogP contribution in [0.4, 0.5) is 5.69 Å². The molecule has 0 aromatic heterocycles. The molecular formula is C21H32N4O3. The summed E-state index contributed by atoms with van der Waals surface area (Å²) in [7, 11) is 0. The molecule has 1 aliphatic heterocycles. The van der Waals surface area contributed by atoms with E-state index in [-0.39, 0.29) is 24.3 Å². The maximum Gasteiger partial charge on any atom is 0.251 e. The van der Waals surface area contributed by atoms with Crippen LogP contribution in [0, 0.1) is 0 Å². The van der Waals surface area contributed by atoms with Crippen molar-refractivity contribution in [2.24, 2.45) is 0 Å². The molecule has 7 heteroatoms. The van der Waals surface area contributed by atoms with Crippen molar-refractivity contribution in [3.8, 4) is 0 Å². The lowest BCUT2D eigenvalue weighted by Gasteiger charge is -2.30. The predicted octanol–water partition coefficient (Wildman–Crippen LogP) is 1.78. The Bertz CT molecular complexity index is 677. The Balaban J connectivity index is 1.75. The second-order valence-electron chi connectivity index (χ2n) is 7.65. The van der Waals surface area contributed by atoms with Gasteiger partial charge in [0.2, 0.25) is 11.8 Å². The Morgan fingerprint density at radius 3 is 2.25 bits per heavy atom. The van der Waals surface area contributed by atoms with Crippen LogP contribution in [0.5, 0.6) is 0 Å². The fourth-order valence-corrected chi connectivity index (χ4v) is 3.48. The number of nitrogens with zero attached hydrogens (tertiary/aromatic N) is 2. The van der Waals surface area contributed by atoms with Gasteiger partial charge in [-0.05, 0) is 58.4 Å². The molecule has 7 nitrogen and oxygen atoms in total. The molecule has 0 spiro atoms. The van der Waals surface area contributed by atoms with Crippen molar-refractivity contribution in [3.63, 3.8) is 0 Å². The van der Waals surface area contributed by atoms with Gasteiger partial charge in [0.25, 0.3) is 5.91 Å². The molecule has 28 heavy (non-hydrogen) atoms. The number of hydrogen-bond acceptors (Lipinski definition) is 4. The first-order valence-electron chi connectivity index (χ1n) is 10.0. The number of benzene rings is 1. The van der Waals surface area contributed by atoms with Gasteiger partial charge in [0, 0.05) is 49.4 Å². The van der Waals surface area contributed by atoms with E-state index >= 15 is 0 Å². The zero-order valence-corrected chi connectivity index (χ0v) is 17.3. The Morgan fingerprint density at radius 1 is 1.07 bits per heavy atom. The molecule has 0 bridgehead atoms. The predicted molar refractivity (Wildman–Crippen MR) is 110 cm³/mol. The summed E-state index contributed by atoms with van der Waals surface area (Å²) in [4.78, 5) is 40.0. The zero-order valence-electron chi connectivity index (χ0n) is 17.3. The third kappa shape index (κ3) is 6.05. The summed E-state index contributed by atoms with van der Waals surface area (Å²) in [5.41, 5.74) is 1.27. The van der Waals surface area contributed by atoms with E-state index in [1.807, 2.05) is 0 Å². The van der Waals surface area contributed by atoms with Crippen molar-refractivity contribution in [2.45, 2.75) is 52.6 Å². The standard InChI is InChI=1S/C21H32N4O3/c1-15(2)24(16(3)4)13-11-22-19(26)14-23-21(28)17-7-9-18(10-8-17)25-12-5-6-20(25)27/h7-10,15-16H,5-6,11-14H2,1-4H3,(H,22,26)(H,23,28). The molecule has 1 fully saturated rings. The first kappa shape index (κ1) is 21.9. The van der Waals surface area contributed by atoms with E-state index in [0.29, 0.717) is 30.6 Å². The number of carbonyl (C=O) groups is 3. The smallest absolute Gasteiger partial charge is 0.251 e. The van der Waals surface area contributed by atoms with E-state index in [1.54, 1.807) is 29.2 Å². The van der Waals surface area contributed by atoms with E-state index in [0.717, 1.165) is 25.2 Å². The maximum atomic E-state index is 12.2. The Kier molecular flexibility index (Phi) is 7.99. The fraction of sp³-hybridized carbons (Fsp3) is 0.571. The Labute approximate surface area is 167 Å². The molecule has 1 aliphatic rings. The van der Waals surface area contributed by atoms with Crippen molar-refractivity contribution >= 4 is 23.4 Å². The number of amides is 3. The molecule has 1 heterocycles. The van der Waals surface area contributed by atoms with Crippen LogP contribution in [-0.4, -0.2) is 60.9 Å². The minimum absolute atomic E-state index is 0.0610. The Morgan fingerprint density at radius 2 is 1.71 bits per heavy atom. The molecule has 154 valence electrons. The lowest BCUT2D eigenvalue weighted by molar-refractivity contribution is -0.120. The van der Waals surface area contributed by atoms with Crippen LogP contribution in [-0.2, 0) is 9.59 Å². The molecule has 1 aromatic rings. The molecule has 0 unspecified atom stereocenters. The number of carbonyl (C=O) groups excluding carboxylic acids is 3. The van der Waals surface area contributed by atoms with E-state index in [2.05, 4.69) is 43.2 Å². The van der Waals surface area contributed by atoms with Crippen molar-refractivity contribution in [3.05, 3.63) is 29.8 Å². The number of rotatable bonds is 9. The summed E-state index contributed by atoms with van der Waals surface area (Å²) in [6, 6.07) is 7.72. The summed E-state index contributed by atoms with van der Waals surface area (Å²) in [5.74, 6) is -0.400. The van der Waals surface area contributed by atoms with E-state index in [4.69, 9.17) is 0 Å². The number of nitrogens with one attached hydrogen (secondary N) is 2. The van der Waals surface area contributed by atoms with Crippen LogP contribution in [0.15, 0.2) is 24.3 Å². The summed E-state index contributed by atoms with van der Waals surface area (Å²) in [6.45, 7) is 10.5. The Hall–Kier alpha value is -2.41. The van der Waals surface area contributed by atoms with Gasteiger partial charge in [-0.15, -0.1) is 0 Å². The second-order valence-corrected chi connectivity index (χ2v) is 7.65. The van der Waals surface area contributed by atoms with Crippen LogP contribution in [0.2, 0.25) is 0 Å². The first-order chi connectivity index (χ1) is 13.3. The minimum Gasteiger partial charge on any atom is -0.353 e. The molecule has 3 amide bonds. The van der Waals surface area contributed by atoms with Gasteiger partial charge in [0.1, 0.15) is 0 Å². The van der Waals surface area contributed by atoms with Gasteiger partial charge in [-0.3, -0.25) is 19.3 Å². The van der Waals surface area contributed by atoms with E-state index < -0.39 is 0 Å². The summed E-state index contributed by atoms with van der Waals surface area (Å²) in [5, 5.41) is 5.48. The van der Waals surface area contributed by atoms with Gasteiger partial charge in [0.05, 0.1) is 6.54 Å². The summed E-state index contributed by atoms with van der Waals surface area (Å²) >= 11 is 0. The number of anilines is 1. The largest absolute Gasteiger partial charge is 0.353 e. The molecule has 0 radical (unpaired) electrons. The van der Waals surface area contributed by atoms with Gasteiger partial charge in [-0.25, -0.2) is 0 Å². The van der Waals surface area contributed by atoms with E-state index in [1.165, 1.54) is 0 Å². The molecule has 1 aromatic carbocycles. The van der Waals surface area contributed by atoms with Crippen molar-refractivity contribution in [1.82, 2.24) is 15.5 Å². The van der Waals surface area contributed by atoms with Gasteiger partial charge in [-0.2, -0.15) is 0 Å². The first-order valence-corrected chi connectivity index (χ1v) is 10.0. The van der Waals surface area contributed by atoms with Crippen LogP contribution >= 0.6 is 0 Å². The second kappa shape index (κ2) is 10.2. The lowest BCUT2D eigenvalue weighted by atomic mass is 10.2. The van der Waals surface area contributed by atoms with Crippen molar-refractivity contribution in [2.75, 3.05) is 31.1 Å². The monoisotopic (exact) mass is 388 g/mol. The topological polar surface area (TPSA) is 81.8 Å². The third-order valence-electron chi connectivity index (χ3n) is 4.94. The SMILES string of the molecule is CC(C)N(CCNC(=O)CNC(=O)c1ccc(N2CCCC2=O)cc1)C(C)C. The van der Waals surface area contributed by atoms with Crippen LogP contribution < -0.4 is 15.5 Å². The molecular weight excluding hydrogens is 356 g/mol. The summed E-state index contributed by atoms with van der Waals surface area (Å²) in [6.07, 6.45) is 1.44. The van der Waals surface area contributed by atoms with Gasteiger partial charge in [0.15, 0.2) is 0 Å². The van der Waals surface area contributed by atoms with E-state index in [9.17, 15) is 14.4 Å². The molecule has 0 saturated carbocycles. The minimum atomic E-state index is -0.305. The van der Waals surface area contributed by atoms with Gasteiger partial charge >= 0.3 is 0 Å². The molecule has 1 saturated heterocycles.